The Bertz CT molecular complexity index is 2400. The lowest BCUT2D eigenvalue weighted by molar-refractivity contribution is 0.0906. The Labute approximate surface area is 721 Å². The second-order valence-electron chi connectivity index (χ2n) is 54.0. The molecule has 1 aliphatic carbocycles. The molecule has 1 saturated carbocycles. The molecule has 1 aliphatic rings. The molecule has 0 aromatic rings. The zero-order valence-electron chi connectivity index (χ0n) is 88.6. The van der Waals surface area contributed by atoms with Crippen LogP contribution in [0, 0.1) is 103 Å². The molecule has 0 bridgehead atoms. The highest BCUT2D eigenvalue weighted by Gasteiger charge is 2.49. The van der Waals surface area contributed by atoms with Gasteiger partial charge in [0.25, 0.3) is 0 Å². The van der Waals surface area contributed by atoms with Crippen molar-refractivity contribution >= 4 is 0 Å². The quantitative estimate of drug-likeness (QED) is 0.0560. The maximum absolute atomic E-state index is 5.51. The Morgan fingerprint density at radius 3 is 0.779 bits per heavy atom. The van der Waals surface area contributed by atoms with Crippen LogP contribution in [-0.2, 0) is 4.74 Å². The highest BCUT2D eigenvalue weighted by atomic mass is 16.5. The molecule has 0 spiro atoms. The van der Waals surface area contributed by atoms with E-state index in [1.165, 1.54) is 154 Å². The van der Waals surface area contributed by atoms with Crippen molar-refractivity contribution in [3.63, 3.8) is 0 Å². The van der Waals surface area contributed by atoms with Crippen LogP contribution in [-0.4, -0.2) is 13.2 Å². The minimum atomic E-state index is 0.269. The van der Waals surface area contributed by atoms with Gasteiger partial charge in [-0.2, -0.15) is 0 Å². The van der Waals surface area contributed by atoms with Crippen LogP contribution in [0.25, 0.3) is 0 Å². The van der Waals surface area contributed by atoms with E-state index in [0.29, 0.717) is 92.6 Å². The van der Waals surface area contributed by atoms with Crippen molar-refractivity contribution in [3.05, 3.63) is 97.2 Å². The summed E-state index contributed by atoms with van der Waals surface area (Å²) in [5.74, 6) is 0.673. The van der Waals surface area contributed by atoms with Gasteiger partial charge in [-0.3, -0.25) is 0 Å². The SMILES string of the molecule is CC(C)(C)/C=C/CCCC(C)(C)C.CC(C)(C)/C=C/CCCC(C)(C)C(C)(C)C.CC(C)(C)/C=C/COCC(C)(C)C.CC(C)(C)C/C=C/CCC(C)(C)C.CC(C)(C)C/C=C/CCCC(C)(C)C.CC(C)(C)C/C=C\CCC(C)(C)C.CC(C)(C)CCC/C=C/C1(C(C)(C)C)CC1.C[C@@H](/C=C/CCCC(C)(C)C)C(C)(C)C. The van der Waals surface area contributed by atoms with E-state index in [-0.39, 0.29) is 10.8 Å². The Hall–Kier alpha value is -2.12. The number of ether oxygens (including phenoxy) is 1. The predicted octanol–water partition coefficient (Wildman–Crippen LogP) is 40.1. The molecule has 1 atom stereocenters. The highest BCUT2D eigenvalue weighted by Crippen LogP contribution is 2.59. The van der Waals surface area contributed by atoms with E-state index in [0.717, 1.165) is 13.2 Å². The van der Waals surface area contributed by atoms with E-state index in [1.54, 1.807) is 0 Å². The lowest BCUT2D eigenvalue weighted by Crippen LogP contribution is -2.29. The first-order valence-electron chi connectivity index (χ1n) is 46.7. The third kappa shape index (κ3) is 112. The van der Waals surface area contributed by atoms with Crippen LogP contribution in [0.1, 0.15) is 507 Å². The van der Waals surface area contributed by atoms with Gasteiger partial charge in [0, 0.05) is 0 Å². The summed E-state index contributed by atoms with van der Waals surface area (Å²) in [4.78, 5) is 0. The molecule has 0 heterocycles. The van der Waals surface area contributed by atoms with Crippen LogP contribution in [0.15, 0.2) is 97.2 Å². The van der Waals surface area contributed by atoms with Gasteiger partial charge < -0.3 is 4.74 Å². The molecule has 0 aromatic carbocycles. The first-order valence-corrected chi connectivity index (χ1v) is 46.7. The zero-order valence-corrected chi connectivity index (χ0v) is 88.6. The van der Waals surface area contributed by atoms with Crippen LogP contribution in [0.2, 0.25) is 0 Å². The topological polar surface area (TPSA) is 9.23 Å². The number of allylic oxidation sites excluding steroid dienone is 15. The Morgan fingerprint density at radius 2 is 0.531 bits per heavy atom. The molecule has 0 aromatic heterocycles. The summed E-state index contributed by atoms with van der Waals surface area (Å²) in [7, 11) is 0. The van der Waals surface area contributed by atoms with Crippen molar-refractivity contribution in [2.24, 2.45) is 103 Å². The lowest BCUT2D eigenvalue weighted by Gasteiger charge is -2.39. The summed E-state index contributed by atoms with van der Waals surface area (Å²) >= 11 is 0. The molecule has 1 heteroatoms. The second-order valence-corrected chi connectivity index (χ2v) is 54.0. The lowest BCUT2D eigenvalue weighted by atomic mass is 9.67. The van der Waals surface area contributed by atoms with Crippen LogP contribution in [0.4, 0.5) is 0 Å². The van der Waals surface area contributed by atoms with Crippen LogP contribution < -0.4 is 0 Å². The molecule has 0 amide bonds. The summed E-state index contributed by atoms with van der Waals surface area (Å²) in [6.45, 7) is 118. The largest absolute Gasteiger partial charge is 0.377 e. The number of hydrogen-bond acceptors (Lipinski definition) is 1. The third-order valence-corrected chi connectivity index (χ3v) is 20.3. The predicted molar refractivity (Wildman–Crippen MR) is 531 cm³/mol. The number of unbranched alkanes of at least 4 members (excludes halogenated alkanes) is 5. The smallest absolute Gasteiger partial charge is 0.0647 e. The summed E-state index contributed by atoms with van der Waals surface area (Å²) in [5.41, 5.74) is 7.72. The molecule has 1 fully saturated rings. The fourth-order valence-electron chi connectivity index (χ4n) is 10.6. The van der Waals surface area contributed by atoms with E-state index in [9.17, 15) is 0 Å². The van der Waals surface area contributed by atoms with Gasteiger partial charge in [0.1, 0.15) is 0 Å². The van der Waals surface area contributed by atoms with E-state index in [2.05, 4.69) is 450 Å². The van der Waals surface area contributed by atoms with Crippen LogP contribution >= 0.6 is 0 Å². The van der Waals surface area contributed by atoms with Gasteiger partial charge in [-0.15, -0.1) is 0 Å². The second kappa shape index (κ2) is 56.5. The molecule has 676 valence electrons. The Balaban J connectivity index is -0.000000228. The molecule has 1 rings (SSSR count). The summed E-state index contributed by atoms with van der Waals surface area (Å²) in [6.07, 6.45) is 68.1. The van der Waals surface area contributed by atoms with E-state index in [1.807, 2.05) is 0 Å². The highest BCUT2D eigenvalue weighted by molar-refractivity contribution is 5.14. The molecule has 0 N–H and O–H groups in total. The van der Waals surface area contributed by atoms with Crippen molar-refractivity contribution in [1.82, 2.24) is 0 Å². The van der Waals surface area contributed by atoms with Gasteiger partial charge in [-0.05, 0) is 257 Å². The van der Waals surface area contributed by atoms with Gasteiger partial charge in [0.05, 0.1) is 13.2 Å². The molecular weight excluding hydrogens is 1360 g/mol. The van der Waals surface area contributed by atoms with Gasteiger partial charge in [0.15, 0.2) is 0 Å². The molecule has 0 aliphatic heterocycles. The monoisotopic (exact) mass is 1580 g/mol. The van der Waals surface area contributed by atoms with Crippen LogP contribution in [0.3, 0.4) is 0 Å². The normalized spacial score (nSPS) is 15.2. The van der Waals surface area contributed by atoms with E-state index >= 15 is 0 Å². The average Bonchev–Trinajstić information content (AvgIpc) is 1.61. The maximum Gasteiger partial charge on any atom is 0.0647 e. The summed E-state index contributed by atoms with van der Waals surface area (Å²) in [6, 6.07) is 0. The van der Waals surface area contributed by atoms with Crippen molar-refractivity contribution in [2.75, 3.05) is 13.2 Å². The minimum Gasteiger partial charge on any atom is -0.377 e. The Kier molecular flexibility index (Phi) is 62.0. The van der Waals surface area contributed by atoms with Gasteiger partial charge in [-0.1, -0.05) is 450 Å². The van der Waals surface area contributed by atoms with Crippen molar-refractivity contribution in [3.8, 4) is 0 Å². The fraction of sp³-hybridized carbons (Fsp3) is 0.857. The molecule has 0 radical (unpaired) electrons. The fourth-order valence-corrected chi connectivity index (χ4v) is 10.6. The van der Waals surface area contributed by atoms with Gasteiger partial charge >= 0.3 is 0 Å². The first-order chi connectivity index (χ1) is 49.8. The number of hydrogen-bond donors (Lipinski definition) is 0. The maximum atomic E-state index is 5.51. The Morgan fingerprint density at radius 1 is 0.265 bits per heavy atom. The van der Waals surface area contributed by atoms with E-state index < -0.39 is 0 Å². The van der Waals surface area contributed by atoms with Crippen molar-refractivity contribution in [1.29, 1.82) is 0 Å². The molecule has 1 nitrogen and oxygen atoms in total. The molecule has 113 heavy (non-hydrogen) atoms. The molecule has 0 unspecified atom stereocenters. The van der Waals surface area contributed by atoms with Gasteiger partial charge in [-0.25, -0.2) is 0 Å². The average molecular weight is 1590 g/mol. The van der Waals surface area contributed by atoms with Gasteiger partial charge in [0.2, 0.25) is 0 Å². The van der Waals surface area contributed by atoms with Crippen molar-refractivity contribution in [2.45, 2.75) is 507 Å². The van der Waals surface area contributed by atoms with E-state index in [4.69, 9.17) is 4.74 Å². The van der Waals surface area contributed by atoms with Crippen LogP contribution in [0.5, 0.6) is 0 Å². The molecule has 0 saturated heterocycles. The summed E-state index contributed by atoms with van der Waals surface area (Å²) < 4.78 is 5.51. The third-order valence-electron chi connectivity index (χ3n) is 20.3. The molecular formula is C112H222O. The standard InChI is InChI=1S/C16H30.C16H32.C15H30.C14H28.3C13H26.C12H24O/c1-14(2,3)10-8-7-9-11-16(12-13-16)15(4,5)6;1-14(2,3)12-10-9-11-13-16(7,8)15(4,5)6;1-13(15(5,6)7)11-9-8-10-12-14(2,3)4;1-13(2,3)11-9-7-8-10-12-14(4,5)6;3*1-12(2,3)10-8-7-9-11-13(4,5)6;1-11(2,3)8-7-9-13-10-12(4,5)6/h9,11H,7-8,10,12-13H2,1-6H3;10,12H,9,11,13H2,1-8H3;9,11,13H,8,10,12H2,1-7H3;7,9H,8,10-12H2,1-6H3;8,10H,7,9,11H2,1-6H3;2*7-8H,9-11H2,1-6H3;7-8H,9-10H2,1-6H3/b11-9+;12-10+;11-9+;9-7+;10-8+;8-7+;8-7-;8-7+/t;;13-;;;;;/m..0...../s1. The minimum absolute atomic E-state index is 0.269. The summed E-state index contributed by atoms with van der Waals surface area (Å²) in [5, 5.41) is 0. The first kappa shape index (κ1) is 124. The van der Waals surface area contributed by atoms with Crippen molar-refractivity contribution < 1.29 is 4.74 Å². The zero-order chi connectivity index (χ0) is 91.0. The number of rotatable bonds is 28.